The van der Waals surface area contributed by atoms with Crippen LogP contribution in [0.25, 0.3) is 0 Å². The molecule has 1 heterocycles. The lowest BCUT2D eigenvalue weighted by molar-refractivity contribution is 1.43. The molecular weight excluding hydrogens is 110 g/mol. The topological polar surface area (TPSA) is 12.9 Å². The van der Waals surface area contributed by atoms with Gasteiger partial charge in [0.15, 0.2) is 0 Å². The third-order valence-corrected chi connectivity index (χ3v) is 0.869. The number of rotatable bonds is 0. The van der Waals surface area contributed by atoms with Crippen LogP contribution in [0, 0.1) is 0 Å². The fourth-order valence-electron chi connectivity index (χ4n) is 0.176. The normalized spacial score (nSPS) is 6.67. The van der Waals surface area contributed by atoms with E-state index in [-0.39, 0.29) is 11.0 Å². The van der Waals surface area contributed by atoms with Crippen LogP contribution in [0.3, 0.4) is 0 Å². The zero-order chi connectivity index (χ0) is 3.54. The van der Waals surface area contributed by atoms with Crippen molar-refractivity contribution in [3.05, 3.63) is 17.1 Å². The Hall–Kier alpha value is -0.153. The number of aromatic nitrogens is 1. The van der Waals surface area contributed by atoms with Gasteiger partial charge in [0.05, 0.1) is 5.51 Å². The highest BCUT2D eigenvalue weighted by molar-refractivity contribution is 7.07. The van der Waals surface area contributed by atoms with Crippen molar-refractivity contribution >= 4 is 22.3 Å². The molecule has 0 N–H and O–H groups in total. The maximum atomic E-state index is 3.74. The Morgan fingerprint density at radius 1 is 1.50 bits per heavy atom. The zero-order valence-corrected chi connectivity index (χ0v) is 4.90. The first-order valence-corrected chi connectivity index (χ1v) is 2.26. The number of thiazole rings is 1. The lowest BCUT2D eigenvalue weighted by Crippen LogP contribution is -1.38. The fourth-order valence-corrected chi connectivity index (χ4v) is 0.527. The highest BCUT2D eigenvalue weighted by atomic mass is 32.1. The Bertz CT molecular complexity index is 67.3. The third-order valence-electron chi connectivity index (χ3n) is 0.347. The van der Waals surface area contributed by atoms with Gasteiger partial charge in [0, 0.05) is 22.5 Å². The molecule has 0 fully saturated rings. The molecule has 0 atom stereocenters. The molecule has 0 bridgehead atoms. The van der Waals surface area contributed by atoms with Crippen LogP contribution in [0.1, 0.15) is 0 Å². The maximum absolute atomic E-state index is 3.74. The van der Waals surface area contributed by atoms with Crippen molar-refractivity contribution < 1.29 is 0 Å². The summed E-state index contributed by atoms with van der Waals surface area (Å²) in [5, 5.41) is 1.93. The van der Waals surface area contributed by atoms with Crippen LogP contribution in [0.5, 0.6) is 0 Å². The molecular formula is C3H3NSSi. The molecule has 1 aromatic rings. The minimum atomic E-state index is 0. The Kier molecular flexibility index (Phi) is 2.98. The van der Waals surface area contributed by atoms with Crippen molar-refractivity contribution in [3.63, 3.8) is 0 Å². The summed E-state index contributed by atoms with van der Waals surface area (Å²) >= 11 is 1.60. The molecule has 0 unspecified atom stereocenters. The van der Waals surface area contributed by atoms with Crippen LogP contribution in [0.15, 0.2) is 17.1 Å². The predicted octanol–water partition coefficient (Wildman–Crippen LogP) is 0.762. The summed E-state index contributed by atoms with van der Waals surface area (Å²) in [4.78, 5) is 3.74. The van der Waals surface area contributed by atoms with Gasteiger partial charge in [0.1, 0.15) is 0 Å². The molecule has 30 valence electrons. The van der Waals surface area contributed by atoms with Gasteiger partial charge in [-0.05, 0) is 0 Å². The lowest BCUT2D eigenvalue weighted by atomic mass is 11.0. The predicted molar refractivity (Wildman–Crippen MR) is 27.9 cm³/mol. The van der Waals surface area contributed by atoms with E-state index in [0.29, 0.717) is 0 Å². The van der Waals surface area contributed by atoms with Gasteiger partial charge in [-0.15, -0.1) is 11.3 Å². The Morgan fingerprint density at radius 2 is 2.33 bits per heavy atom. The smallest absolute Gasteiger partial charge is 0.0791 e. The first-order valence-electron chi connectivity index (χ1n) is 1.32. The van der Waals surface area contributed by atoms with Crippen LogP contribution in [-0.4, -0.2) is 15.9 Å². The molecule has 4 radical (unpaired) electrons. The summed E-state index contributed by atoms with van der Waals surface area (Å²) in [6, 6.07) is 0. The van der Waals surface area contributed by atoms with Gasteiger partial charge in [0.2, 0.25) is 0 Å². The minimum Gasteiger partial charge on any atom is -0.253 e. The highest BCUT2D eigenvalue weighted by Crippen LogP contribution is 1.85. The molecule has 0 aliphatic rings. The highest BCUT2D eigenvalue weighted by Gasteiger charge is 1.59. The van der Waals surface area contributed by atoms with Gasteiger partial charge in [-0.3, -0.25) is 4.98 Å². The van der Waals surface area contributed by atoms with Crippen molar-refractivity contribution in [2.45, 2.75) is 0 Å². The van der Waals surface area contributed by atoms with E-state index in [9.17, 15) is 0 Å². The van der Waals surface area contributed by atoms with E-state index in [1.54, 1.807) is 23.0 Å². The standard InChI is InChI=1S/C3H3NS.Si/c1-2-5-3-4-1;/h1-3H;. The number of hydrogen-bond donors (Lipinski definition) is 0. The van der Waals surface area contributed by atoms with Crippen LogP contribution in [0.2, 0.25) is 0 Å². The molecule has 0 aliphatic carbocycles. The van der Waals surface area contributed by atoms with Crippen LogP contribution in [-0.2, 0) is 0 Å². The van der Waals surface area contributed by atoms with Crippen molar-refractivity contribution in [1.29, 1.82) is 0 Å². The van der Waals surface area contributed by atoms with Gasteiger partial charge < -0.3 is 0 Å². The summed E-state index contributed by atoms with van der Waals surface area (Å²) in [5.74, 6) is 0. The van der Waals surface area contributed by atoms with Crippen LogP contribution >= 0.6 is 11.3 Å². The third kappa shape index (κ3) is 1.33. The van der Waals surface area contributed by atoms with Gasteiger partial charge >= 0.3 is 0 Å². The average molecular weight is 113 g/mol. The lowest BCUT2D eigenvalue weighted by Gasteiger charge is -1.41. The van der Waals surface area contributed by atoms with Crippen molar-refractivity contribution in [3.8, 4) is 0 Å². The molecule has 0 saturated carbocycles. The quantitative estimate of drug-likeness (QED) is 0.453. The zero-order valence-electron chi connectivity index (χ0n) is 3.09. The Balaban J connectivity index is 0.000000250. The Labute approximate surface area is 45.1 Å². The average Bonchev–Trinajstić information content (AvgIpc) is 1.76. The fraction of sp³-hybridized carbons (Fsp3) is 0. The van der Waals surface area contributed by atoms with E-state index in [0.717, 1.165) is 0 Å². The van der Waals surface area contributed by atoms with Crippen molar-refractivity contribution in [2.24, 2.45) is 0 Å². The Morgan fingerprint density at radius 3 is 2.50 bits per heavy atom. The van der Waals surface area contributed by atoms with E-state index in [2.05, 4.69) is 4.98 Å². The summed E-state index contributed by atoms with van der Waals surface area (Å²) in [7, 11) is 0. The molecule has 1 nitrogen and oxygen atoms in total. The molecule has 6 heavy (non-hydrogen) atoms. The molecule has 0 aliphatic heterocycles. The van der Waals surface area contributed by atoms with Crippen molar-refractivity contribution in [1.82, 2.24) is 4.98 Å². The molecule has 0 amide bonds. The number of hydrogen-bond acceptors (Lipinski definition) is 2. The van der Waals surface area contributed by atoms with Crippen LogP contribution < -0.4 is 0 Å². The minimum absolute atomic E-state index is 0. The molecule has 1 rings (SSSR count). The van der Waals surface area contributed by atoms with E-state index < -0.39 is 0 Å². The van der Waals surface area contributed by atoms with Gasteiger partial charge in [-0.1, -0.05) is 0 Å². The largest absolute Gasteiger partial charge is 0.253 e. The van der Waals surface area contributed by atoms with E-state index in [1.165, 1.54) is 0 Å². The second kappa shape index (κ2) is 3.05. The van der Waals surface area contributed by atoms with E-state index >= 15 is 0 Å². The summed E-state index contributed by atoms with van der Waals surface area (Å²) in [6.07, 6.45) is 1.77. The second-order valence-electron chi connectivity index (χ2n) is 0.676. The second-order valence-corrected chi connectivity index (χ2v) is 1.43. The molecule has 3 heteroatoms. The molecule has 0 saturated heterocycles. The SMILES string of the molecule is [Si].c1cscn1. The van der Waals surface area contributed by atoms with E-state index in [4.69, 9.17) is 0 Å². The molecule has 0 spiro atoms. The van der Waals surface area contributed by atoms with Crippen LogP contribution in [0.4, 0.5) is 0 Å². The van der Waals surface area contributed by atoms with Gasteiger partial charge in [-0.25, -0.2) is 0 Å². The van der Waals surface area contributed by atoms with Gasteiger partial charge in [-0.2, -0.15) is 0 Å². The monoisotopic (exact) mass is 113 g/mol. The van der Waals surface area contributed by atoms with E-state index in [1.807, 2.05) is 5.38 Å². The van der Waals surface area contributed by atoms with Crippen molar-refractivity contribution in [2.75, 3.05) is 0 Å². The summed E-state index contributed by atoms with van der Waals surface area (Å²) in [5.41, 5.74) is 1.79. The summed E-state index contributed by atoms with van der Waals surface area (Å²) < 4.78 is 0. The summed E-state index contributed by atoms with van der Waals surface area (Å²) in [6.45, 7) is 0. The first kappa shape index (κ1) is 5.85. The molecule has 1 aromatic heterocycles. The first-order chi connectivity index (χ1) is 2.50. The maximum Gasteiger partial charge on any atom is 0.0791 e. The number of nitrogens with zero attached hydrogens (tertiary/aromatic N) is 1. The molecule has 0 aromatic carbocycles. The van der Waals surface area contributed by atoms with Gasteiger partial charge in [0.25, 0.3) is 0 Å².